The lowest BCUT2D eigenvalue weighted by atomic mass is 10.2. The normalized spacial score (nSPS) is 13.8. The van der Waals surface area contributed by atoms with Crippen molar-refractivity contribution in [2.45, 2.75) is 26.3 Å². The molecule has 1 aromatic heterocycles. The standard InChI is InChI=1S/C19H23N3O2/c1-15-7-6-10-20-19(15)21-13-16-8-2-3-9-17(16)24-14-18(23)22-11-4-5-12-22/h2-3,6-10H,4-5,11-14H2,1H3,(H,20,21). The van der Waals surface area contributed by atoms with Crippen molar-refractivity contribution >= 4 is 11.7 Å². The van der Waals surface area contributed by atoms with Crippen molar-refractivity contribution in [3.63, 3.8) is 0 Å². The number of pyridine rings is 1. The van der Waals surface area contributed by atoms with E-state index in [2.05, 4.69) is 10.3 Å². The first-order valence-corrected chi connectivity index (χ1v) is 8.38. The number of likely N-dealkylation sites (tertiary alicyclic amines) is 1. The van der Waals surface area contributed by atoms with Gasteiger partial charge in [-0.15, -0.1) is 0 Å². The largest absolute Gasteiger partial charge is 0.483 e. The first-order valence-electron chi connectivity index (χ1n) is 8.38. The zero-order valence-electron chi connectivity index (χ0n) is 14.0. The topological polar surface area (TPSA) is 54.5 Å². The van der Waals surface area contributed by atoms with Gasteiger partial charge in [-0.3, -0.25) is 4.79 Å². The maximum atomic E-state index is 12.1. The SMILES string of the molecule is Cc1cccnc1NCc1ccccc1OCC(=O)N1CCCC1. The Labute approximate surface area is 142 Å². The van der Waals surface area contributed by atoms with Crippen LogP contribution >= 0.6 is 0 Å². The molecule has 0 spiro atoms. The number of hydrogen-bond donors (Lipinski definition) is 1. The molecule has 0 unspecified atom stereocenters. The second-order valence-electron chi connectivity index (χ2n) is 6.01. The Morgan fingerprint density at radius 3 is 2.79 bits per heavy atom. The fraction of sp³-hybridized carbons (Fsp3) is 0.368. The third-order valence-corrected chi connectivity index (χ3v) is 4.24. The van der Waals surface area contributed by atoms with Gasteiger partial charge in [-0.25, -0.2) is 4.98 Å². The molecule has 0 atom stereocenters. The van der Waals surface area contributed by atoms with Gasteiger partial charge in [0.2, 0.25) is 0 Å². The molecule has 0 aliphatic carbocycles. The van der Waals surface area contributed by atoms with Crippen LogP contribution in [0.1, 0.15) is 24.0 Å². The maximum Gasteiger partial charge on any atom is 0.260 e. The van der Waals surface area contributed by atoms with Gasteiger partial charge in [-0.2, -0.15) is 0 Å². The van der Waals surface area contributed by atoms with E-state index in [4.69, 9.17) is 4.74 Å². The van der Waals surface area contributed by atoms with E-state index >= 15 is 0 Å². The van der Waals surface area contributed by atoms with E-state index in [1.165, 1.54) is 0 Å². The Bertz CT molecular complexity index is 697. The number of carbonyl (C=O) groups is 1. The number of aryl methyl sites for hydroxylation is 1. The first-order chi connectivity index (χ1) is 11.7. The molecule has 0 bridgehead atoms. The van der Waals surface area contributed by atoms with E-state index in [1.54, 1.807) is 6.20 Å². The van der Waals surface area contributed by atoms with Crippen LogP contribution in [0, 0.1) is 6.92 Å². The zero-order chi connectivity index (χ0) is 16.8. The molecule has 2 aromatic rings. The summed E-state index contributed by atoms with van der Waals surface area (Å²) in [6, 6.07) is 11.7. The number of nitrogens with zero attached hydrogens (tertiary/aromatic N) is 2. The van der Waals surface area contributed by atoms with Crippen molar-refractivity contribution < 1.29 is 9.53 Å². The molecule has 5 heteroatoms. The number of aromatic nitrogens is 1. The Hall–Kier alpha value is -2.56. The predicted molar refractivity (Wildman–Crippen MR) is 94.1 cm³/mol. The molecular weight excluding hydrogens is 302 g/mol. The van der Waals surface area contributed by atoms with Crippen molar-refractivity contribution in [1.82, 2.24) is 9.88 Å². The third kappa shape index (κ3) is 4.04. The minimum atomic E-state index is 0.0656. The average Bonchev–Trinajstić information content (AvgIpc) is 3.14. The smallest absolute Gasteiger partial charge is 0.260 e. The van der Waals surface area contributed by atoms with Crippen LogP contribution in [0.4, 0.5) is 5.82 Å². The van der Waals surface area contributed by atoms with E-state index < -0.39 is 0 Å². The summed E-state index contributed by atoms with van der Waals surface area (Å²) in [7, 11) is 0. The summed E-state index contributed by atoms with van der Waals surface area (Å²) >= 11 is 0. The molecular formula is C19H23N3O2. The highest BCUT2D eigenvalue weighted by atomic mass is 16.5. The predicted octanol–water partition coefficient (Wildman–Crippen LogP) is 3.00. The fourth-order valence-electron chi connectivity index (χ4n) is 2.84. The molecule has 1 amide bonds. The second-order valence-corrected chi connectivity index (χ2v) is 6.01. The number of nitrogens with one attached hydrogen (secondary N) is 1. The highest BCUT2D eigenvalue weighted by Crippen LogP contribution is 2.20. The van der Waals surface area contributed by atoms with Gasteiger partial charge in [0.1, 0.15) is 11.6 Å². The first kappa shape index (κ1) is 16.3. The lowest BCUT2D eigenvalue weighted by molar-refractivity contribution is -0.132. The van der Waals surface area contributed by atoms with Crippen LogP contribution in [0.2, 0.25) is 0 Å². The van der Waals surface area contributed by atoms with E-state index in [0.717, 1.165) is 48.6 Å². The highest BCUT2D eigenvalue weighted by molar-refractivity contribution is 5.78. The number of anilines is 1. The molecule has 1 aromatic carbocycles. The lowest BCUT2D eigenvalue weighted by Gasteiger charge is -2.17. The molecule has 2 heterocycles. The second kappa shape index (κ2) is 7.81. The van der Waals surface area contributed by atoms with Crippen LogP contribution < -0.4 is 10.1 Å². The maximum absolute atomic E-state index is 12.1. The Kier molecular flexibility index (Phi) is 5.31. The molecule has 5 nitrogen and oxygen atoms in total. The molecule has 0 saturated carbocycles. The molecule has 1 aliphatic heterocycles. The summed E-state index contributed by atoms with van der Waals surface area (Å²) in [6.07, 6.45) is 3.96. The lowest BCUT2D eigenvalue weighted by Crippen LogP contribution is -2.32. The quantitative estimate of drug-likeness (QED) is 0.887. The molecule has 1 aliphatic rings. The van der Waals surface area contributed by atoms with Crippen molar-refractivity contribution in [3.8, 4) is 5.75 Å². The minimum Gasteiger partial charge on any atom is -0.483 e. The van der Waals surface area contributed by atoms with Crippen LogP contribution in [-0.4, -0.2) is 35.5 Å². The number of para-hydroxylation sites is 1. The monoisotopic (exact) mass is 325 g/mol. The van der Waals surface area contributed by atoms with Gasteiger partial charge in [0.05, 0.1) is 0 Å². The summed E-state index contributed by atoms with van der Waals surface area (Å²) in [5.41, 5.74) is 2.11. The van der Waals surface area contributed by atoms with Crippen LogP contribution in [0.5, 0.6) is 5.75 Å². The summed E-state index contributed by atoms with van der Waals surface area (Å²) in [5.74, 6) is 1.67. The number of ether oxygens (including phenoxy) is 1. The van der Waals surface area contributed by atoms with Crippen molar-refractivity contribution in [1.29, 1.82) is 0 Å². The van der Waals surface area contributed by atoms with E-state index in [-0.39, 0.29) is 12.5 Å². The Balaban J connectivity index is 1.60. The van der Waals surface area contributed by atoms with Crippen LogP contribution in [0.25, 0.3) is 0 Å². The van der Waals surface area contributed by atoms with Crippen molar-refractivity contribution in [2.75, 3.05) is 25.0 Å². The number of hydrogen-bond acceptors (Lipinski definition) is 4. The third-order valence-electron chi connectivity index (χ3n) is 4.24. The van der Waals surface area contributed by atoms with E-state index in [1.807, 2.05) is 48.2 Å². The van der Waals surface area contributed by atoms with Gasteiger partial charge in [-0.05, 0) is 37.5 Å². The van der Waals surface area contributed by atoms with Gasteiger partial charge >= 0.3 is 0 Å². The summed E-state index contributed by atoms with van der Waals surface area (Å²) < 4.78 is 5.78. The van der Waals surface area contributed by atoms with E-state index in [9.17, 15) is 4.79 Å². The Morgan fingerprint density at radius 2 is 2.00 bits per heavy atom. The van der Waals surface area contributed by atoms with E-state index in [0.29, 0.717) is 6.54 Å². The molecule has 24 heavy (non-hydrogen) atoms. The number of rotatable bonds is 6. The fourth-order valence-corrected chi connectivity index (χ4v) is 2.84. The van der Waals surface area contributed by atoms with Gasteiger partial charge in [-0.1, -0.05) is 24.3 Å². The van der Waals surface area contributed by atoms with Crippen LogP contribution in [0.15, 0.2) is 42.6 Å². The summed E-state index contributed by atoms with van der Waals surface area (Å²) in [6.45, 7) is 4.42. The number of benzene rings is 1. The Morgan fingerprint density at radius 1 is 1.21 bits per heavy atom. The molecule has 0 radical (unpaired) electrons. The highest BCUT2D eigenvalue weighted by Gasteiger charge is 2.18. The van der Waals surface area contributed by atoms with Crippen LogP contribution in [-0.2, 0) is 11.3 Å². The molecule has 3 rings (SSSR count). The van der Waals surface area contributed by atoms with Crippen molar-refractivity contribution in [3.05, 3.63) is 53.7 Å². The van der Waals surface area contributed by atoms with Crippen LogP contribution in [0.3, 0.4) is 0 Å². The number of carbonyl (C=O) groups excluding carboxylic acids is 1. The average molecular weight is 325 g/mol. The van der Waals surface area contributed by atoms with Crippen molar-refractivity contribution in [2.24, 2.45) is 0 Å². The number of amides is 1. The molecule has 1 N–H and O–H groups in total. The zero-order valence-corrected chi connectivity index (χ0v) is 14.0. The molecule has 1 fully saturated rings. The van der Waals surface area contributed by atoms with Gasteiger partial charge < -0.3 is 15.0 Å². The molecule has 126 valence electrons. The summed E-state index contributed by atoms with van der Waals surface area (Å²) in [4.78, 5) is 18.3. The minimum absolute atomic E-state index is 0.0656. The summed E-state index contributed by atoms with van der Waals surface area (Å²) in [5, 5.41) is 3.33. The van der Waals surface area contributed by atoms with Gasteiger partial charge in [0.15, 0.2) is 6.61 Å². The molecule has 1 saturated heterocycles. The van der Waals surface area contributed by atoms with Gasteiger partial charge in [0, 0.05) is 31.4 Å². The van der Waals surface area contributed by atoms with Gasteiger partial charge in [0.25, 0.3) is 5.91 Å².